The van der Waals surface area contributed by atoms with Gasteiger partial charge in [-0.3, -0.25) is 4.90 Å². The first-order valence-corrected chi connectivity index (χ1v) is 8.32. The molecule has 0 radical (unpaired) electrons. The SMILES string of the molecule is N#Cc1ccccc1CN1CCN(CCc2ccccc2)CC1. The van der Waals surface area contributed by atoms with E-state index in [9.17, 15) is 5.26 Å². The lowest BCUT2D eigenvalue weighted by molar-refractivity contribution is 0.128. The first kappa shape index (κ1) is 15.7. The van der Waals surface area contributed by atoms with Crippen LogP contribution in [0.3, 0.4) is 0 Å². The number of piperazine rings is 1. The highest BCUT2D eigenvalue weighted by molar-refractivity contribution is 5.37. The number of nitriles is 1. The van der Waals surface area contributed by atoms with Crippen LogP contribution in [-0.2, 0) is 13.0 Å². The maximum Gasteiger partial charge on any atom is 0.0995 e. The van der Waals surface area contributed by atoms with E-state index in [-0.39, 0.29) is 0 Å². The molecule has 0 saturated carbocycles. The number of nitrogens with zero attached hydrogens (tertiary/aromatic N) is 3. The van der Waals surface area contributed by atoms with E-state index in [1.54, 1.807) is 0 Å². The summed E-state index contributed by atoms with van der Waals surface area (Å²) in [6.07, 6.45) is 1.12. The molecule has 0 unspecified atom stereocenters. The van der Waals surface area contributed by atoms with Gasteiger partial charge in [0.1, 0.15) is 0 Å². The fraction of sp³-hybridized carbons (Fsp3) is 0.350. The van der Waals surface area contributed by atoms with Gasteiger partial charge in [0.2, 0.25) is 0 Å². The van der Waals surface area contributed by atoms with Gasteiger partial charge in [-0.15, -0.1) is 0 Å². The summed E-state index contributed by atoms with van der Waals surface area (Å²) in [6, 6.07) is 20.9. The Kier molecular flexibility index (Phi) is 5.42. The Balaban J connectivity index is 1.46. The van der Waals surface area contributed by atoms with Crippen LogP contribution in [0.2, 0.25) is 0 Å². The number of rotatable bonds is 5. The van der Waals surface area contributed by atoms with Crippen molar-refractivity contribution in [3.8, 4) is 6.07 Å². The first-order chi connectivity index (χ1) is 11.3. The third-order valence-corrected chi connectivity index (χ3v) is 4.56. The van der Waals surface area contributed by atoms with E-state index in [1.807, 2.05) is 18.2 Å². The lowest BCUT2D eigenvalue weighted by Crippen LogP contribution is -2.46. The molecule has 0 aromatic heterocycles. The highest BCUT2D eigenvalue weighted by atomic mass is 15.3. The molecule has 1 aliphatic rings. The quantitative estimate of drug-likeness (QED) is 0.851. The molecule has 0 N–H and O–H groups in total. The molecule has 1 heterocycles. The third kappa shape index (κ3) is 4.41. The largest absolute Gasteiger partial charge is 0.300 e. The smallest absolute Gasteiger partial charge is 0.0995 e. The minimum absolute atomic E-state index is 0.805. The zero-order valence-electron chi connectivity index (χ0n) is 13.5. The number of hydrogen-bond donors (Lipinski definition) is 0. The molecule has 3 heteroatoms. The lowest BCUT2D eigenvalue weighted by Gasteiger charge is -2.34. The highest BCUT2D eigenvalue weighted by Crippen LogP contribution is 2.13. The third-order valence-electron chi connectivity index (χ3n) is 4.56. The maximum atomic E-state index is 9.19. The Morgan fingerprint density at radius 3 is 2.22 bits per heavy atom. The van der Waals surface area contributed by atoms with E-state index < -0.39 is 0 Å². The van der Waals surface area contributed by atoms with Crippen LogP contribution in [0.5, 0.6) is 0 Å². The predicted octanol–water partition coefficient (Wildman–Crippen LogP) is 2.92. The summed E-state index contributed by atoms with van der Waals surface area (Å²) in [5, 5.41) is 9.19. The molecule has 23 heavy (non-hydrogen) atoms. The van der Waals surface area contributed by atoms with Crippen LogP contribution in [0.4, 0.5) is 0 Å². The van der Waals surface area contributed by atoms with Crippen LogP contribution >= 0.6 is 0 Å². The maximum absolute atomic E-state index is 9.19. The van der Waals surface area contributed by atoms with E-state index >= 15 is 0 Å². The second-order valence-electron chi connectivity index (χ2n) is 6.12. The van der Waals surface area contributed by atoms with Gasteiger partial charge >= 0.3 is 0 Å². The predicted molar refractivity (Wildman–Crippen MR) is 93.0 cm³/mol. The van der Waals surface area contributed by atoms with E-state index in [0.29, 0.717) is 0 Å². The van der Waals surface area contributed by atoms with Crippen LogP contribution in [-0.4, -0.2) is 42.5 Å². The summed E-state index contributed by atoms with van der Waals surface area (Å²) < 4.78 is 0. The molecule has 1 fully saturated rings. The second-order valence-corrected chi connectivity index (χ2v) is 6.12. The van der Waals surface area contributed by atoms with Gasteiger partial charge in [0.15, 0.2) is 0 Å². The second kappa shape index (κ2) is 7.92. The zero-order valence-corrected chi connectivity index (χ0v) is 13.5. The summed E-state index contributed by atoms with van der Waals surface area (Å²) in [6.45, 7) is 6.40. The normalized spacial score (nSPS) is 16.1. The number of hydrogen-bond acceptors (Lipinski definition) is 3. The minimum Gasteiger partial charge on any atom is -0.300 e. The summed E-state index contributed by atoms with van der Waals surface area (Å²) in [5.41, 5.74) is 3.37. The summed E-state index contributed by atoms with van der Waals surface area (Å²) >= 11 is 0. The van der Waals surface area contributed by atoms with Crippen molar-refractivity contribution in [1.29, 1.82) is 5.26 Å². The molecular formula is C20H23N3. The monoisotopic (exact) mass is 305 g/mol. The van der Waals surface area contributed by atoms with Crippen molar-refractivity contribution < 1.29 is 0 Å². The molecule has 0 spiro atoms. The van der Waals surface area contributed by atoms with Gasteiger partial charge in [-0.25, -0.2) is 0 Å². The molecule has 118 valence electrons. The van der Waals surface area contributed by atoms with E-state index in [2.05, 4.69) is 52.3 Å². The molecule has 3 nitrogen and oxygen atoms in total. The standard InChI is InChI=1S/C20H23N3/c21-16-19-8-4-5-9-20(19)17-23-14-12-22(13-15-23)11-10-18-6-2-1-3-7-18/h1-9H,10-15,17H2. The van der Waals surface area contributed by atoms with Crippen LogP contribution in [0.1, 0.15) is 16.7 Å². The van der Waals surface area contributed by atoms with Gasteiger partial charge in [0.25, 0.3) is 0 Å². The van der Waals surface area contributed by atoms with Crippen molar-refractivity contribution in [3.63, 3.8) is 0 Å². The Hall–Kier alpha value is -2.15. The fourth-order valence-electron chi connectivity index (χ4n) is 3.11. The van der Waals surface area contributed by atoms with Crippen molar-refractivity contribution in [3.05, 3.63) is 71.3 Å². The molecule has 2 aromatic carbocycles. The Morgan fingerprint density at radius 2 is 1.48 bits per heavy atom. The van der Waals surface area contributed by atoms with E-state index in [0.717, 1.165) is 56.8 Å². The van der Waals surface area contributed by atoms with Gasteiger partial charge in [0, 0.05) is 39.3 Å². The molecule has 0 aliphatic carbocycles. The Morgan fingerprint density at radius 1 is 0.826 bits per heavy atom. The number of benzene rings is 2. The van der Waals surface area contributed by atoms with Crippen molar-refractivity contribution in [2.75, 3.05) is 32.7 Å². The van der Waals surface area contributed by atoms with Crippen molar-refractivity contribution in [1.82, 2.24) is 9.80 Å². The zero-order chi connectivity index (χ0) is 15.9. The highest BCUT2D eigenvalue weighted by Gasteiger charge is 2.17. The van der Waals surface area contributed by atoms with Crippen molar-refractivity contribution in [2.24, 2.45) is 0 Å². The van der Waals surface area contributed by atoms with Crippen LogP contribution in [0, 0.1) is 11.3 Å². The Labute approximate surface area is 138 Å². The van der Waals surface area contributed by atoms with Crippen LogP contribution in [0.15, 0.2) is 54.6 Å². The molecule has 0 bridgehead atoms. The van der Waals surface area contributed by atoms with Gasteiger partial charge in [0.05, 0.1) is 11.6 Å². The molecular weight excluding hydrogens is 282 g/mol. The molecule has 0 atom stereocenters. The van der Waals surface area contributed by atoms with Gasteiger partial charge < -0.3 is 4.90 Å². The minimum atomic E-state index is 0.805. The van der Waals surface area contributed by atoms with E-state index in [1.165, 1.54) is 5.56 Å². The summed E-state index contributed by atoms with van der Waals surface area (Å²) in [7, 11) is 0. The van der Waals surface area contributed by atoms with Gasteiger partial charge in [-0.05, 0) is 23.6 Å². The van der Waals surface area contributed by atoms with Crippen molar-refractivity contribution in [2.45, 2.75) is 13.0 Å². The van der Waals surface area contributed by atoms with E-state index in [4.69, 9.17) is 0 Å². The van der Waals surface area contributed by atoms with Gasteiger partial charge in [-0.1, -0.05) is 48.5 Å². The summed E-state index contributed by atoms with van der Waals surface area (Å²) in [4.78, 5) is 4.99. The molecule has 0 amide bonds. The molecule has 1 aliphatic heterocycles. The lowest BCUT2D eigenvalue weighted by atomic mass is 10.1. The molecule has 1 saturated heterocycles. The van der Waals surface area contributed by atoms with Crippen LogP contribution < -0.4 is 0 Å². The summed E-state index contributed by atoms with van der Waals surface area (Å²) in [5.74, 6) is 0. The average molecular weight is 305 g/mol. The molecule has 2 aromatic rings. The molecule has 3 rings (SSSR count). The van der Waals surface area contributed by atoms with Gasteiger partial charge in [-0.2, -0.15) is 5.26 Å². The first-order valence-electron chi connectivity index (χ1n) is 8.32. The van der Waals surface area contributed by atoms with Crippen molar-refractivity contribution >= 4 is 0 Å². The Bertz CT molecular complexity index is 652. The van der Waals surface area contributed by atoms with Crippen LogP contribution in [0.25, 0.3) is 0 Å². The fourth-order valence-corrected chi connectivity index (χ4v) is 3.11. The topological polar surface area (TPSA) is 30.3 Å². The average Bonchev–Trinajstić information content (AvgIpc) is 2.62.